The van der Waals surface area contributed by atoms with Crippen LogP contribution < -0.4 is 10.4 Å². The summed E-state index contributed by atoms with van der Waals surface area (Å²) in [7, 11) is 0. The van der Waals surface area contributed by atoms with Gasteiger partial charge in [-0.15, -0.1) is 0 Å². The summed E-state index contributed by atoms with van der Waals surface area (Å²) >= 11 is 0. The summed E-state index contributed by atoms with van der Waals surface area (Å²) in [6.45, 7) is 0. The molecule has 1 unspecified atom stereocenters. The van der Waals surface area contributed by atoms with E-state index in [2.05, 4.69) is 5.32 Å². The molecule has 4 heteroatoms. The second-order valence-corrected chi connectivity index (χ2v) is 3.75. The van der Waals surface area contributed by atoms with Crippen molar-refractivity contribution in [2.45, 2.75) is 6.04 Å². The molecule has 3 rings (SSSR count). The minimum atomic E-state index is -0.750. The zero-order valence-corrected chi connectivity index (χ0v) is 8.38. The van der Waals surface area contributed by atoms with Gasteiger partial charge in [0.05, 0.1) is 11.4 Å². The van der Waals surface area contributed by atoms with Crippen LogP contribution in [0.5, 0.6) is 0 Å². The van der Waals surface area contributed by atoms with Gasteiger partial charge in [-0.1, -0.05) is 18.2 Å². The maximum absolute atomic E-state index is 12.0. The number of nitrogens with one attached hydrogen (secondary N) is 1. The monoisotopic (exact) mass is 213 g/mol. The Hall–Kier alpha value is -2.07. The molecule has 0 saturated heterocycles. The van der Waals surface area contributed by atoms with Crippen molar-refractivity contribution >= 4 is 17.2 Å². The Morgan fingerprint density at radius 1 is 1.31 bits per heavy atom. The lowest BCUT2D eigenvalue weighted by molar-refractivity contribution is -0.115. The lowest BCUT2D eigenvalue weighted by atomic mass is 9.99. The van der Waals surface area contributed by atoms with Crippen molar-refractivity contribution in [1.82, 2.24) is 0 Å². The van der Waals surface area contributed by atoms with E-state index in [-0.39, 0.29) is 5.78 Å². The summed E-state index contributed by atoms with van der Waals surface area (Å²) in [5.41, 5.74) is 1.89. The second kappa shape index (κ2) is 3.21. The molecular formula is C12H9N2O2-. The van der Waals surface area contributed by atoms with Gasteiger partial charge in [-0.3, -0.25) is 4.79 Å². The van der Waals surface area contributed by atoms with E-state index in [0.717, 1.165) is 10.8 Å². The van der Waals surface area contributed by atoms with Crippen molar-refractivity contribution in [2.75, 3.05) is 10.4 Å². The normalized spacial score (nSPS) is 22.1. The number of nitrogens with zero attached hydrogens (tertiary/aromatic N) is 1. The lowest BCUT2D eigenvalue weighted by Crippen LogP contribution is -2.44. The Labute approximate surface area is 92.4 Å². The fourth-order valence-electron chi connectivity index (χ4n) is 2.00. The third kappa shape index (κ3) is 1.17. The summed E-state index contributed by atoms with van der Waals surface area (Å²) in [5, 5.41) is 15.9. The Balaban J connectivity index is 2.13. The van der Waals surface area contributed by atoms with Gasteiger partial charge >= 0.3 is 0 Å². The number of hydrogen-bond donors (Lipinski definition) is 1. The molecular weight excluding hydrogens is 204 g/mol. The topological polar surface area (TPSA) is 55.4 Å². The van der Waals surface area contributed by atoms with E-state index >= 15 is 0 Å². The van der Waals surface area contributed by atoms with Crippen molar-refractivity contribution in [3.05, 3.63) is 53.4 Å². The quantitative estimate of drug-likeness (QED) is 0.714. The van der Waals surface area contributed by atoms with Crippen LogP contribution in [0, 0.1) is 5.21 Å². The lowest BCUT2D eigenvalue weighted by Gasteiger charge is -2.44. The molecule has 1 aliphatic heterocycles. The molecule has 0 bridgehead atoms. The number of anilines is 2. The third-order valence-electron chi connectivity index (χ3n) is 2.76. The van der Waals surface area contributed by atoms with Gasteiger partial charge in [0.15, 0.2) is 5.78 Å². The number of ketones is 1. The van der Waals surface area contributed by atoms with Crippen LogP contribution in [0.3, 0.4) is 0 Å². The van der Waals surface area contributed by atoms with Crippen LogP contribution in [-0.4, -0.2) is 11.8 Å². The first-order chi connectivity index (χ1) is 7.77. The van der Waals surface area contributed by atoms with Gasteiger partial charge in [0.2, 0.25) is 0 Å². The van der Waals surface area contributed by atoms with Crippen molar-refractivity contribution < 1.29 is 4.79 Å². The minimum absolute atomic E-state index is 0.186. The molecule has 1 aromatic rings. The van der Waals surface area contributed by atoms with E-state index < -0.39 is 6.04 Å². The molecule has 80 valence electrons. The highest BCUT2D eigenvalue weighted by Gasteiger charge is 2.30. The first kappa shape index (κ1) is 9.18. The van der Waals surface area contributed by atoms with Gasteiger partial charge in [0.25, 0.3) is 0 Å². The second-order valence-electron chi connectivity index (χ2n) is 3.75. The molecule has 0 fully saturated rings. The molecule has 0 aromatic heterocycles. The van der Waals surface area contributed by atoms with Gasteiger partial charge in [-0.2, -0.15) is 0 Å². The summed E-state index contributed by atoms with van der Waals surface area (Å²) < 4.78 is 0. The standard InChI is InChI=1S/C12H9N2O2/c15-11-7-3-5-9-12(11)14(16)10-6-2-1-4-8(10)13-9/h1-7,12-13H/q-1. The Bertz CT molecular complexity index is 520. The number of carbonyl (C=O) groups excluding carboxylic acids is 1. The van der Waals surface area contributed by atoms with Crippen LogP contribution in [0.1, 0.15) is 0 Å². The minimum Gasteiger partial charge on any atom is -0.757 e. The summed E-state index contributed by atoms with van der Waals surface area (Å²) in [6.07, 6.45) is 4.84. The average molecular weight is 213 g/mol. The Morgan fingerprint density at radius 2 is 2.12 bits per heavy atom. The molecule has 1 atom stereocenters. The summed E-state index contributed by atoms with van der Waals surface area (Å²) in [4.78, 5) is 11.6. The van der Waals surface area contributed by atoms with Crippen molar-refractivity contribution in [3.63, 3.8) is 0 Å². The van der Waals surface area contributed by atoms with Crippen molar-refractivity contribution in [1.29, 1.82) is 0 Å². The van der Waals surface area contributed by atoms with E-state index in [1.54, 1.807) is 24.3 Å². The third-order valence-corrected chi connectivity index (χ3v) is 2.76. The number of fused-ring (bicyclic) bond motifs is 2. The van der Waals surface area contributed by atoms with Crippen LogP contribution >= 0.6 is 0 Å². The van der Waals surface area contributed by atoms with E-state index in [1.807, 2.05) is 12.1 Å². The largest absolute Gasteiger partial charge is 0.757 e. The molecule has 0 spiro atoms. The smallest absolute Gasteiger partial charge is 0.183 e. The average Bonchev–Trinajstić information content (AvgIpc) is 2.29. The van der Waals surface area contributed by atoms with Crippen LogP contribution in [0.25, 0.3) is 0 Å². The predicted octanol–water partition coefficient (Wildman–Crippen LogP) is 1.81. The molecule has 1 heterocycles. The van der Waals surface area contributed by atoms with Crippen LogP contribution in [0.4, 0.5) is 11.4 Å². The summed E-state index contributed by atoms with van der Waals surface area (Å²) in [6, 6.07) is 6.40. The first-order valence-electron chi connectivity index (χ1n) is 5.02. The molecule has 1 N–H and O–H groups in total. The summed E-state index contributed by atoms with van der Waals surface area (Å²) in [5.74, 6) is -0.186. The van der Waals surface area contributed by atoms with Gasteiger partial charge in [0, 0.05) is 5.70 Å². The number of carbonyl (C=O) groups is 1. The number of rotatable bonds is 0. The molecule has 16 heavy (non-hydrogen) atoms. The predicted molar refractivity (Wildman–Crippen MR) is 61.9 cm³/mol. The maximum atomic E-state index is 12.0. The van der Waals surface area contributed by atoms with E-state index in [9.17, 15) is 10.0 Å². The Kier molecular flexibility index (Phi) is 1.84. The van der Waals surface area contributed by atoms with Crippen LogP contribution in [0.15, 0.2) is 48.2 Å². The van der Waals surface area contributed by atoms with Crippen molar-refractivity contribution in [3.8, 4) is 0 Å². The van der Waals surface area contributed by atoms with Gasteiger partial charge < -0.3 is 15.6 Å². The highest BCUT2D eigenvalue weighted by molar-refractivity contribution is 6.03. The molecule has 2 aliphatic rings. The fourth-order valence-corrected chi connectivity index (χ4v) is 2.00. The number of benzene rings is 1. The zero-order valence-electron chi connectivity index (χ0n) is 8.38. The first-order valence-corrected chi connectivity index (χ1v) is 5.02. The Morgan fingerprint density at radius 3 is 3.00 bits per heavy atom. The highest BCUT2D eigenvalue weighted by Crippen LogP contribution is 2.35. The molecule has 0 radical (unpaired) electrons. The number of para-hydroxylation sites is 2. The SMILES string of the molecule is O=C1C=CC=C2Nc3ccccc3N([O-])C12. The van der Waals surface area contributed by atoms with Gasteiger partial charge in [-0.05, 0) is 24.3 Å². The number of allylic oxidation sites excluding steroid dienone is 2. The molecule has 0 saturated carbocycles. The van der Waals surface area contributed by atoms with Crippen molar-refractivity contribution in [2.24, 2.45) is 0 Å². The number of hydroxylamine groups is 1. The van der Waals surface area contributed by atoms with E-state index in [1.165, 1.54) is 6.08 Å². The van der Waals surface area contributed by atoms with E-state index in [0.29, 0.717) is 11.4 Å². The molecule has 0 amide bonds. The maximum Gasteiger partial charge on any atom is 0.183 e. The molecule has 1 aliphatic carbocycles. The number of hydrogen-bond acceptors (Lipinski definition) is 4. The fraction of sp³-hybridized carbons (Fsp3) is 0.0833. The van der Waals surface area contributed by atoms with Gasteiger partial charge in [-0.25, -0.2) is 0 Å². The van der Waals surface area contributed by atoms with E-state index in [4.69, 9.17) is 0 Å². The molecule has 1 aromatic carbocycles. The molecule has 4 nitrogen and oxygen atoms in total. The zero-order chi connectivity index (χ0) is 11.1. The van der Waals surface area contributed by atoms with Crippen LogP contribution in [0.2, 0.25) is 0 Å². The van der Waals surface area contributed by atoms with Crippen LogP contribution in [-0.2, 0) is 4.79 Å². The highest BCUT2D eigenvalue weighted by atomic mass is 16.5. The van der Waals surface area contributed by atoms with Gasteiger partial charge in [0.1, 0.15) is 6.04 Å².